The molecule has 0 saturated heterocycles. The van der Waals surface area contributed by atoms with E-state index in [1.165, 1.54) is 47.2 Å². The van der Waals surface area contributed by atoms with Crippen LogP contribution >= 0.6 is 23.1 Å². The Bertz CT molecular complexity index is 1130. The Kier molecular flexibility index (Phi) is 5.51. The molecule has 1 aliphatic rings. The zero-order chi connectivity index (χ0) is 20.5. The van der Waals surface area contributed by atoms with Crippen LogP contribution in [0.25, 0.3) is 10.2 Å². The van der Waals surface area contributed by atoms with Crippen LogP contribution < -0.4 is 5.32 Å². The van der Waals surface area contributed by atoms with Crippen LogP contribution in [-0.2, 0) is 17.6 Å². The lowest BCUT2D eigenvalue weighted by Crippen LogP contribution is -2.15. The second-order valence-electron chi connectivity index (χ2n) is 7.06. The highest BCUT2D eigenvalue weighted by Gasteiger charge is 2.21. The Morgan fingerprint density at radius 2 is 2.07 bits per heavy atom. The van der Waals surface area contributed by atoms with E-state index >= 15 is 0 Å². The van der Waals surface area contributed by atoms with E-state index in [1.54, 1.807) is 24.3 Å². The first-order chi connectivity index (χ1) is 13.9. The molecule has 150 valence electrons. The van der Waals surface area contributed by atoms with Gasteiger partial charge in [-0.2, -0.15) is 0 Å². The van der Waals surface area contributed by atoms with E-state index in [0.717, 1.165) is 33.6 Å². The molecule has 2 heterocycles. The lowest BCUT2D eigenvalue weighted by Gasteiger charge is -2.12. The molecule has 0 aliphatic heterocycles. The SMILES string of the molecule is Cc1nc(SCC(=O)Nc2cc([N+](=O)[O-])ccc2C)c2c3c(sc2n1)CCCC3. The van der Waals surface area contributed by atoms with Gasteiger partial charge < -0.3 is 5.32 Å². The number of anilines is 1. The fraction of sp³-hybridized carbons (Fsp3) is 0.350. The second-order valence-corrected chi connectivity index (χ2v) is 9.11. The molecule has 0 fully saturated rings. The lowest BCUT2D eigenvalue weighted by atomic mass is 9.97. The molecule has 0 unspecified atom stereocenters. The van der Waals surface area contributed by atoms with Gasteiger partial charge in [0.2, 0.25) is 5.91 Å². The van der Waals surface area contributed by atoms with Crippen LogP contribution in [0.1, 0.15) is 34.7 Å². The van der Waals surface area contributed by atoms with Gasteiger partial charge in [-0.3, -0.25) is 14.9 Å². The molecule has 1 N–H and O–H groups in total. The number of nitrogens with one attached hydrogen (secondary N) is 1. The number of aryl methyl sites for hydroxylation is 4. The van der Waals surface area contributed by atoms with Crippen molar-refractivity contribution < 1.29 is 9.72 Å². The van der Waals surface area contributed by atoms with E-state index in [4.69, 9.17) is 0 Å². The van der Waals surface area contributed by atoms with Gasteiger partial charge in [0.25, 0.3) is 5.69 Å². The molecular weight excluding hydrogens is 408 g/mol. The zero-order valence-corrected chi connectivity index (χ0v) is 17.8. The van der Waals surface area contributed by atoms with Crippen molar-refractivity contribution in [2.45, 2.75) is 44.6 Å². The number of carbonyl (C=O) groups excluding carboxylic acids is 1. The van der Waals surface area contributed by atoms with Gasteiger partial charge in [0.15, 0.2) is 0 Å². The molecule has 0 radical (unpaired) electrons. The highest BCUT2D eigenvalue weighted by molar-refractivity contribution is 8.00. The molecule has 2 aromatic heterocycles. The number of aromatic nitrogens is 2. The van der Waals surface area contributed by atoms with Crippen molar-refractivity contribution in [2.24, 2.45) is 0 Å². The van der Waals surface area contributed by atoms with E-state index < -0.39 is 4.92 Å². The summed E-state index contributed by atoms with van der Waals surface area (Å²) in [6.07, 6.45) is 4.50. The standard InChI is InChI=1S/C20H20N4O3S2/c1-11-7-8-13(24(26)27)9-15(11)23-17(25)10-28-19-18-14-5-3-4-6-16(14)29-20(18)22-12(2)21-19/h7-9H,3-6,10H2,1-2H3,(H,23,25). The molecule has 0 bridgehead atoms. The molecule has 0 spiro atoms. The van der Waals surface area contributed by atoms with Crippen LogP contribution in [0, 0.1) is 24.0 Å². The number of thioether (sulfide) groups is 1. The van der Waals surface area contributed by atoms with E-state index in [2.05, 4.69) is 15.3 Å². The highest BCUT2D eigenvalue weighted by atomic mass is 32.2. The predicted molar refractivity (Wildman–Crippen MR) is 116 cm³/mol. The topological polar surface area (TPSA) is 98.0 Å². The van der Waals surface area contributed by atoms with Crippen LogP contribution in [0.15, 0.2) is 23.2 Å². The summed E-state index contributed by atoms with van der Waals surface area (Å²) < 4.78 is 0. The lowest BCUT2D eigenvalue weighted by molar-refractivity contribution is -0.384. The number of non-ortho nitro benzene ring substituents is 1. The average Bonchev–Trinajstić information content (AvgIpc) is 3.05. The van der Waals surface area contributed by atoms with Gasteiger partial charge in [0.1, 0.15) is 15.7 Å². The summed E-state index contributed by atoms with van der Waals surface area (Å²) in [6, 6.07) is 4.45. The molecule has 9 heteroatoms. The van der Waals surface area contributed by atoms with Gasteiger partial charge in [-0.25, -0.2) is 9.97 Å². The average molecular weight is 429 g/mol. The largest absolute Gasteiger partial charge is 0.325 e. The van der Waals surface area contributed by atoms with Gasteiger partial charge in [-0.15, -0.1) is 11.3 Å². The number of rotatable bonds is 5. The van der Waals surface area contributed by atoms with Crippen molar-refractivity contribution in [2.75, 3.05) is 11.1 Å². The minimum Gasteiger partial charge on any atom is -0.325 e. The Morgan fingerprint density at radius 3 is 2.86 bits per heavy atom. The third-order valence-electron chi connectivity index (χ3n) is 4.94. The van der Waals surface area contributed by atoms with E-state index in [-0.39, 0.29) is 17.3 Å². The number of nitro groups is 1. The van der Waals surface area contributed by atoms with Crippen LogP contribution in [0.3, 0.4) is 0 Å². The summed E-state index contributed by atoms with van der Waals surface area (Å²) >= 11 is 3.14. The summed E-state index contributed by atoms with van der Waals surface area (Å²) in [5.74, 6) is 0.666. The number of carbonyl (C=O) groups is 1. The molecule has 1 aromatic carbocycles. The number of fused-ring (bicyclic) bond motifs is 3. The minimum atomic E-state index is -0.468. The molecular formula is C20H20N4O3S2. The molecule has 29 heavy (non-hydrogen) atoms. The monoisotopic (exact) mass is 428 g/mol. The molecule has 3 aromatic rings. The number of thiophene rings is 1. The van der Waals surface area contributed by atoms with Crippen LogP contribution in [0.5, 0.6) is 0 Å². The first-order valence-electron chi connectivity index (χ1n) is 9.39. The zero-order valence-electron chi connectivity index (χ0n) is 16.2. The number of nitro benzene ring substituents is 1. The molecule has 7 nitrogen and oxygen atoms in total. The molecule has 1 aliphatic carbocycles. The third kappa shape index (κ3) is 4.11. The summed E-state index contributed by atoms with van der Waals surface area (Å²) in [6.45, 7) is 3.68. The van der Waals surface area contributed by atoms with Gasteiger partial charge in [-0.05, 0) is 50.7 Å². The van der Waals surface area contributed by atoms with E-state index in [9.17, 15) is 14.9 Å². The normalized spacial score (nSPS) is 13.3. The third-order valence-corrected chi connectivity index (χ3v) is 7.10. The van der Waals surface area contributed by atoms with E-state index in [0.29, 0.717) is 11.5 Å². The second kappa shape index (κ2) is 8.08. The van der Waals surface area contributed by atoms with Crippen molar-refractivity contribution in [3.05, 3.63) is 50.1 Å². The number of hydrogen-bond acceptors (Lipinski definition) is 7. The van der Waals surface area contributed by atoms with Crippen molar-refractivity contribution in [3.8, 4) is 0 Å². The maximum atomic E-state index is 12.5. The molecule has 1 amide bonds. The summed E-state index contributed by atoms with van der Waals surface area (Å²) in [5, 5.41) is 15.7. The Labute approximate surface area is 176 Å². The summed E-state index contributed by atoms with van der Waals surface area (Å²) in [4.78, 5) is 34.6. The number of hydrogen-bond donors (Lipinski definition) is 1. The predicted octanol–water partition coefficient (Wildman–Crippen LogP) is 4.83. The number of nitrogens with zero attached hydrogens (tertiary/aromatic N) is 3. The van der Waals surface area contributed by atoms with Gasteiger partial charge in [0, 0.05) is 22.4 Å². The minimum absolute atomic E-state index is 0.0448. The Hall–Kier alpha value is -2.52. The quantitative estimate of drug-likeness (QED) is 0.271. The first kappa shape index (κ1) is 19.8. The Morgan fingerprint density at radius 1 is 1.28 bits per heavy atom. The highest BCUT2D eigenvalue weighted by Crippen LogP contribution is 2.39. The maximum absolute atomic E-state index is 12.5. The van der Waals surface area contributed by atoms with Crippen LogP contribution in [0.2, 0.25) is 0 Å². The first-order valence-corrected chi connectivity index (χ1v) is 11.2. The molecule has 4 rings (SSSR count). The molecule has 0 saturated carbocycles. The fourth-order valence-electron chi connectivity index (χ4n) is 3.51. The maximum Gasteiger partial charge on any atom is 0.271 e. The molecule has 0 atom stereocenters. The van der Waals surface area contributed by atoms with Crippen molar-refractivity contribution in [1.29, 1.82) is 0 Å². The van der Waals surface area contributed by atoms with Gasteiger partial charge >= 0.3 is 0 Å². The van der Waals surface area contributed by atoms with Gasteiger partial charge in [-0.1, -0.05) is 17.8 Å². The fourth-order valence-corrected chi connectivity index (χ4v) is 5.78. The Balaban J connectivity index is 1.54. The summed E-state index contributed by atoms with van der Waals surface area (Å²) in [7, 11) is 0. The van der Waals surface area contributed by atoms with E-state index in [1.807, 2.05) is 6.92 Å². The van der Waals surface area contributed by atoms with Crippen molar-refractivity contribution in [3.63, 3.8) is 0 Å². The van der Waals surface area contributed by atoms with Crippen molar-refractivity contribution >= 4 is 50.6 Å². The van der Waals surface area contributed by atoms with Crippen LogP contribution in [0.4, 0.5) is 11.4 Å². The number of benzene rings is 1. The number of amides is 1. The van der Waals surface area contributed by atoms with Crippen molar-refractivity contribution in [1.82, 2.24) is 9.97 Å². The summed E-state index contributed by atoms with van der Waals surface area (Å²) in [5.41, 5.74) is 2.54. The smallest absolute Gasteiger partial charge is 0.271 e. The van der Waals surface area contributed by atoms with Gasteiger partial charge in [0.05, 0.1) is 16.4 Å². The van der Waals surface area contributed by atoms with Crippen LogP contribution in [-0.4, -0.2) is 26.6 Å².